The normalized spacial score (nSPS) is 7.69. The van der Waals surface area contributed by atoms with Gasteiger partial charge >= 0.3 is 0 Å². The summed E-state index contributed by atoms with van der Waals surface area (Å²) < 4.78 is 0. The molecule has 0 spiro atoms. The minimum absolute atomic E-state index is 0. The van der Waals surface area contributed by atoms with Gasteiger partial charge in [-0.1, -0.05) is 48.5 Å². The van der Waals surface area contributed by atoms with Crippen LogP contribution in [0.4, 0.5) is 0 Å². The molecule has 0 bridgehead atoms. The minimum Gasteiger partial charge on any atom is -0.344 e. The van der Waals surface area contributed by atoms with Crippen molar-refractivity contribution in [2.75, 3.05) is 0 Å². The Morgan fingerprint density at radius 3 is 0.385 bits per heavy atom. The van der Waals surface area contributed by atoms with Gasteiger partial charge in [0.05, 0.1) is 44.1 Å². The van der Waals surface area contributed by atoms with Gasteiger partial charge in [-0.15, -0.1) is 0 Å². The van der Waals surface area contributed by atoms with E-state index in [-0.39, 0.29) is 133 Å². The van der Waals surface area contributed by atoms with Gasteiger partial charge in [0.2, 0.25) is 0 Å². The van der Waals surface area contributed by atoms with Crippen molar-refractivity contribution < 1.29 is 84.3 Å². The maximum Gasteiger partial charge on any atom is 0.0886 e. The maximum atomic E-state index is 4.12. The number of hydrogen-bond acceptors (Lipinski definition) is 16. The monoisotopic (exact) mass is 1440 g/mol. The third-order valence-corrected chi connectivity index (χ3v) is 5.50. The zero-order chi connectivity index (χ0) is 27.2. The topological polar surface area (TPSA) is 383 Å². The third-order valence-electron chi connectivity index (χ3n) is 5.50. The van der Waals surface area contributed by atoms with Gasteiger partial charge in [-0.05, 0) is 48.5 Å². The number of nitrogens with zero attached hydrogens (tertiary/aromatic N) is 8. The Labute approximate surface area is 361 Å². The Bertz CT molecular complexity index is 1430. The molecule has 0 saturated heterocycles. The zero-order valence-electron chi connectivity index (χ0n) is 28.4. The van der Waals surface area contributed by atoms with Crippen molar-refractivity contribution in [2.24, 2.45) is 0 Å². The van der Waals surface area contributed by atoms with Crippen LogP contribution in [-0.4, -0.2) is 39.9 Å². The molecule has 0 aliphatic heterocycles. The second-order valence-electron chi connectivity index (χ2n) is 8.18. The van der Waals surface area contributed by atoms with E-state index in [2.05, 4.69) is 39.9 Å². The molecule has 4 heterocycles. The molecule has 4 aromatic carbocycles. The summed E-state index contributed by atoms with van der Waals surface area (Å²) in [6.45, 7) is 0. The molecule has 24 N–H and O–H groups in total. The van der Waals surface area contributed by atoms with Crippen LogP contribution in [0.2, 0.25) is 0 Å². The summed E-state index contributed by atoms with van der Waals surface area (Å²) in [5.41, 5.74) is 7.59. The van der Waals surface area contributed by atoms with Crippen LogP contribution >= 0.6 is 0 Å². The molecule has 0 atom stereocenters. The van der Waals surface area contributed by atoms with E-state index in [4.69, 9.17) is 0 Å². The van der Waals surface area contributed by atoms with Gasteiger partial charge in [0.25, 0.3) is 0 Å². The zero-order valence-corrected chi connectivity index (χ0v) is 37.4. The third kappa shape index (κ3) is 20.6. The van der Waals surface area contributed by atoms with Crippen LogP contribution in [0, 0.1) is 0 Å². The molecule has 8 aromatic rings. The van der Waals surface area contributed by atoms with E-state index in [1.807, 2.05) is 97.1 Å². The van der Waals surface area contributed by atoms with Gasteiger partial charge in [0, 0.05) is 134 Å². The van der Waals surface area contributed by atoms with Crippen molar-refractivity contribution in [3.05, 3.63) is 147 Å². The first-order valence-electron chi connectivity index (χ1n) is 12.5. The van der Waals surface area contributed by atoms with E-state index in [0.29, 0.717) is 0 Å². The molecule has 0 unspecified atom stereocenters. The summed E-state index contributed by atoms with van der Waals surface area (Å²) in [4.78, 5) is 32.9. The molecule has 0 fully saturated rings. The second-order valence-corrected chi connectivity index (χ2v) is 8.18. The van der Waals surface area contributed by atoms with Gasteiger partial charge in [-0.25, -0.2) is 0 Å². The number of aromatic nitrogens is 8. The molecule has 296 valence electrons. The molecule has 20 heteroatoms. The Balaban J connectivity index is -0.0000000768. The fourth-order valence-electron chi connectivity index (χ4n) is 3.64. The smallest absolute Gasteiger partial charge is 0.0886 e. The molecule has 0 radical (unpaired) electrons. The van der Waals surface area contributed by atoms with Crippen LogP contribution in [0.15, 0.2) is 147 Å². The van der Waals surface area contributed by atoms with E-state index in [1.165, 1.54) is 0 Å². The molecule has 0 aliphatic carbocycles. The molecular formula is C32H48N16Pt4. The largest absolute Gasteiger partial charge is 0.344 e. The van der Waals surface area contributed by atoms with E-state index in [0.717, 1.165) is 44.1 Å². The van der Waals surface area contributed by atoms with Gasteiger partial charge in [0.1, 0.15) is 0 Å². The van der Waals surface area contributed by atoms with Crippen LogP contribution < -0.4 is 49.2 Å². The average molecular weight is 1440 g/mol. The van der Waals surface area contributed by atoms with Crippen LogP contribution in [0.3, 0.4) is 0 Å². The number of fused-ring (bicyclic) bond motifs is 4. The fourth-order valence-corrected chi connectivity index (χ4v) is 3.64. The number of rotatable bonds is 0. The summed E-state index contributed by atoms with van der Waals surface area (Å²) >= 11 is 0. The molecule has 52 heavy (non-hydrogen) atoms. The summed E-state index contributed by atoms with van der Waals surface area (Å²) in [6, 6.07) is 31.2. The van der Waals surface area contributed by atoms with Gasteiger partial charge in [-0.2, -0.15) is 0 Å². The Morgan fingerprint density at radius 1 is 0.192 bits per heavy atom. The van der Waals surface area contributed by atoms with Crippen molar-refractivity contribution in [1.82, 2.24) is 89.1 Å². The van der Waals surface area contributed by atoms with Crippen LogP contribution in [-0.2, 0) is 84.3 Å². The van der Waals surface area contributed by atoms with Gasteiger partial charge in [0.15, 0.2) is 0 Å². The van der Waals surface area contributed by atoms with Crippen molar-refractivity contribution in [3.8, 4) is 0 Å². The summed E-state index contributed by atoms with van der Waals surface area (Å²) in [7, 11) is 0. The molecule has 4 aromatic heterocycles. The summed E-state index contributed by atoms with van der Waals surface area (Å²) in [5, 5.41) is 0. The van der Waals surface area contributed by atoms with Crippen LogP contribution in [0.1, 0.15) is 0 Å². The number of para-hydroxylation sites is 8. The van der Waals surface area contributed by atoms with Gasteiger partial charge in [-0.3, -0.25) is 39.9 Å². The molecule has 0 amide bonds. The number of benzene rings is 4. The fraction of sp³-hybridized carbons (Fsp3) is 0. The SMILES string of the molecule is N.N.N.N.N.N.N.N.[Pt].[Pt].[Pt].[Pt].c1ccc2nccnc2c1.c1ccc2nccnc2c1.c1ccc2nccnc2c1.c1ccc2nccnc2c1. The van der Waals surface area contributed by atoms with E-state index in [1.54, 1.807) is 49.6 Å². The number of hydrogen-bond donors (Lipinski definition) is 8. The van der Waals surface area contributed by atoms with E-state index in [9.17, 15) is 0 Å². The standard InChI is InChI=1S/4C8H6N2.8H3N.4Pt/c4*1-2-4-8-7(3-1)9-5-6-10-8;;;;;;;;;;;;/h4*1-6H;8*1H3;;;;. The van der Waals surface area contributed by atoms with Crippen molar-refractivity contribution >= 4 is 44.1 Å². The maximum absolute atomic E-state index is 4.12. The molecule has 0 saturated carbocycles. The average Bonchev–Trinajstić information content (AvgIpc) is 3.06. The van der Waals surface area contributed by atoms with Crippen molar-refractivity contribution in [2.45, 2.75) is 0 Å². The first kappa shape index (κ1) is 66.9. The van der Waals surface area contributed by atoms with E-state index < -0.39 is 0 Å². The van der Waals surface area contributed by atoms with Crippen LogP contribution in [0.25, 0.3) is 44.1 Å². The van der Waals surface area contributed by atoms with Crippen molar-refractivity contribution in [3.63, 3.8) is 0 Å². The molecule has 16 nitrogen and oxygen atoms in total. The quantitative estimate of drug-likeness (QED) is 0.0717. The minimum atomic E-state index is 0. The second kappa shape index (κ2) is 37.4. The van der Waals surface area contributed by atoms with E-state index >= 15 is 0 Å². The predicted molar refractivity (Wildman–Crippen MR) is 198 cm³/mol. The Morgan fingerprint density at radius 2 is 0.288 bits per heavy atom. The molecular weight excluding hydrogens is 1390 g/mol. The first-order valence-corrected chi connectivity index (χ1v) is 12.5. The van der Waals surface area contributed by atoms with Crippen molar-refractivity contribution in [1.29, 1.82) is 0 Å². The van der Waals surface area contributed by atoms with Crippen LogP contribution in [0.5, 0.6) is 0 Å². The summed E-state index contributed by atoms with van der Waals surface area (Å²) in [6.07, 6.45) is 13.6. The predicted octanol–water partition coefficient (Wildman–Crippen LogP) is 7.81. The Kier molecular flexibility index (Phi) is 48.1. The summed E-state index contributed by atoms with van der Waals surface area (Å²) in [5.74, 6) is 0. The first-order chi connectivity index (χ1) is 19.9. The molecule has 8 rings (SSSR count). The molecule has 0 aliphatic rings. The van der Waals surface area contributed by atoms with Gasteiger partial charge < -0.3 is 49.2 Å². The Hall–Kier alpha value is -3.33.